The Morgan fingerprint density at radius 2 is 2.16 bits per heavy atom. The first-order chi connectivity index (χ1) is 8.89. The van der Waals surface area contributed by atoms with Crippen molar-refractivity contribution in [2.75, 3.05) is 13.7 Å². The highest BCUT2D eigenvalue weighted by Crippen LogP contribution is 2.22. The molecule has 19 heavy (non-hydrogen) atoms. The number of ether oxygens (including phenoxy) is 1. The van der Waals surface area contributed by atoms with Gasteiger partial charge in [-0.15, -0.1) is 0 Å². The molecular formula is C15H24FNO2. The molecule has 2 N–H and O–H groups in total. The average Bonchev–Trinajstić information content (AvgIpc) is 2.36. The summed E-state index contributed by atoms with van der Waals surface area (Å²) in [4.78, 5) is 0. The van der Waals surface area contributed by atoms with E-state index in [2.05, 4.69) is 5.32 Å². The van der Waals surface area contributed by atoms with Crippen molar-refractivity contribution in [2.45, 2.75) is 45.3 Å². The summed E-state index contributed by atoms with van der Waals surface area (Å²) < 4.78 is 18.8. The molecule has 108 valence electrons. The van der Waals surface area contributed by atoms with Gasteiger partial charge in [0.2, 0.25) is 0 Å². The van der Waals surface area contributed by atoms with Gasteiger partial charge in [-0.3, -0.25) is 0 Å². The Bertz CT molecular complexity index is 407. The zero-order valence-electron chi connectivity index (χ0n) is 12.2. The fourth-order valence-electron chi connectivity index (χ4n) is 2.10. The molecule has 2 atom stereocenters. The fourth-order valence-corrected chi connectivity index (χ4v) is 2.10. The van der Waals surface area contributed by atoms with Gasteiger partial charge in [0.1, 0.15) is 11.6 Å². The van der Waals surface area contributed by atoms with Gasteiger partial charge in [0.15, 0.2) is 0 Å². The van der Waals surface area contributed by atoms with E-state index in [1.165, 1.54) is 13.2 Å². The molecule has 0 aliphatic rings. The minimum absolute atomic E-state index is 0.158. The van der Waals surface area contributed by atoms with Crippen LogP contribution in [0.3, 0.4) is 0 Å². The molecule has 4 heteroatoms. The van der Waals surface area contributed by atoms with Gasteiger partial charge in [-0.1, -0.05) is 19.4 Å². The molecule has 0 aromatic heterocycles. The van der Waals surface area contributed by atoms with Crippen LogP contribution in [0.1, 0.15) is 45.2 Å². The molecule has 1 aromatic rings. The van der Waals surface area contributed by atoms with Crippen LogP contribution in [0.5, 0.6) is 5.75 Å². The van der Waals surface area contributed by atoms with Crippen LogP contribution in [0.25, 0.3) is 0 Å². The lowest BCUT2D eigenvalue weighted by atomic mass is 9.99. The summed E-state index contributed by atoms with van der Waals surface area (Å²) in [5, 5.41) is 13.3. The third kappa shape index (κ3) is 4.80. The van der Waals surface area contributed by atoms with E-state index in [9.17, 15) is 9.50 Å². The highest BCUT2D eigenvalue weighted by Gasteiger charge is 2.20. The van der Waals surface area contributed by atoms with E-state index in [0.29, 0.717) is 17.9 Å². The van der Waals surface area contributed by atoms with Gasteiger partial charge in [0, 0.05) is 24.2 Å². The predicted octanol–water partition coefficient (Wildman–Crippen LogP) is 3.04. The van der Waals surface area contributed by atoms with Gasteiger partial charge in [-0.05, 0) is 26.3 Å². The smallest absolute Gasteiger partial charge is 0.131 e. The van der Waals surface area contributed by atoms with Crippen molar-refractivity contribution in [3.05, 3.63) is 29.6 Å². The van der Waals surface area contributed by atoms with Gasteiger partial charge >= 0.3 is 0 Å². The Morgan fingerprint density at radius 1 is 1.47 bits per heavy atom. The summed E-state index contributed by atoms with van der Waals surface area (Å²) in [5.41, 5.74) is -0.181. The van der Waals surface area contributed by atoms with Crippen molar-refractivity contribution in [3.63, 3.8) is 0 Å². The van der Waals surface area contributed by atoms with Gasteiger partial charge in [0.05, 0.1) is 12.7 Å². The number of methoxy groups -OCH3 is 1. The first-order valence-electron chi connectivity index (χ1n) is 6.69. The van der Waals surface area contributed by atoms with Gasteiger partial charge in [-0.2, -0.15) is 0 Å². The molecule has 3 nitrogen and oxygen atoms in total. The second-order valence-electron chi connectivity index (χ2n) is 5.24. The Balaban J connectivity index is 2.65. The minimum atomic E-state index is -0.758. The second-order valence-corrected chi connectivity index (χ2v) is 5.24. The van der Waals surface area contributed by atoms with Gasteiger partial charge in [-0.25, -0.2) is 4.39 Å². The van der Waals surface area contributed by atoms with Crippen LogP contribution in [-0.2, 0) is 0 Å². The zero-order valence-corrected chi connectivity index (χ0v) is 12.2. The van der Waals surface area contributed by atoms with Crippen LogP contribution >= 0.6 is 0 Å². The average molecular weight is 269 g/mol. The molecule has 0 aliphatic heterocycles. The molecule has 0 fully saturated rings. The largest absolute Gasteiger partial charge is 0.497 e. The van der Waals surface area contributed by atoms with Crippen LogP contribution in [-0.4, -0.2) is 24.4 Å². The van der Waals surface area contributed by atoms with Gasteiger partial charge in [0.25, 0.3) is 0 Å². The number of hydrogen-bond donors (Lipinski definition) is 2. The number of hydrogen-bond acceptors (Lipinski definition) is 3. The van der Waals surface area contributed by atoms with Crippen LogP contribution < -0.4 is 10.1 Å². The van der Waals surface area contributed by atoms with E-state index in [1.807, 2.05) is 13.8 Å². The van der Waals surface area contributed by atoms with E-state index < -0.39 is 5.60 Å². The lowest BCUT2D eigenvalue weighted by Crippen LogP contribution is -2.38. The molecule has 0 radical (unpaired) electrons. The molecule has 0 bridgehead atoms. The topological polar surface area (TPSA) is 41.5 Å². The van der Waals surface area contributed by atoms with Crippen molar-refractivity contribution < 1.29 is 14.2 Å². The quantitative estimate of drug-likeness (QED) is 0.799. The summed E-state index contributed by atoms with van der Waals surface area (Å²) in [6.07, 6.45) is 1.64. The van der Waals surface area contributed by atoms with Crippen molar-refractivity contribution >= 4 is 0 Å². The monoisotopic (exact) mass is 269 g/mol. The number of nitrogens with one attached hydrogen (secondary N) is 1. The molecule has 0 aliphatic carbocycles. The lowest BCUT2D eigenvalue weighted by molar-refractivity contribution is 0.0475. The Hall–Kier alpha value is -1.13. The molecule has 0 heterocycles. The highest BCUT2D eigenvalue weighted by atomic mass is 19.1. The van der Waals surface area contributed by atoms with Crippen LogP contribution in [0.2, 0.25) is 0 Å². The van der Waals surface area contributed by atoms with Crippen LogP contribution in [0, 0.1) is 5.82 Å². The summed E-state index contributed by atoms with van der Waals surface area (Å²) in [7, 11) is 1.51. The summed E-state index contributed by atoms with van der Waals surface area (Å²) in [6.45, 7) is 6.14. The van der Waals surface area contributed by atoms with Crippen LogP contribution in [0.4, 0.5) is 4.39 Å². The number of benzene rings is 1. The Kier molecular flexibility index (Phi) is 5.76. The minimum Gasteiger partial charge on any atom is -0.497 e. The SMILES string of the molecule is CCCC(C)(O)CNC(C)c1ccc(OC)cc1F. The summed E-state index contributed by atoms with van der Waals surface area (Å²) in [5.74, 6) is 0.209. The van der Waals surface area contributed by atoms with Crippen molar-refractivity contribution in [3.8, 4) is 5.75 Å². The third-order valence-corrected chi connectivity index (χ3v) is 3.25. The first kappa shape index (κ1) is 15.9. The maximum atomic E-state index is 13.9. The van der Waals surface area contributed by atoms with Crippen molar-refractivity contribution in [1.29, 1.82) is 0 Å². The highest BCUT2D eigenvalue weighted by molar-refractivity contribution is 5.30. The summed E-state index contributed by atoms with van der Waals surface area (Å²) in [6, 6.07) is 4.66. The van der Waals surface area contributed by atoms with E-state index in [4.69, 9.17) is 4.74 Å². The standard InChI is InChI=1S/C15H24FNO2/c1-5-8-15(3,18)10-17-11(2)13-7-6-12(19-4)9-14(13)16/h6-7,9,11,17-18H,5,8,10H2,1-4H3. The third-order valence-electron chi connectivity index (χ3n) is 3.25. The normalized spacial score (nSPS) is 15.9. The second kappa shape index (κ2) is 6.87. The first-order valence-corrected chi connectivity index (χ1v) is 6.69. The Morgan fingerprint density at radius 3 is 2.68 bits per heavy atom. The molecule has 0 saturated carbocycles. The number of aliphatic hydroxyl groups is 1. The van der Waals surface area contributed by atoms with Crippen LogP contribution in [0.15, 0.2) is 18.2 Å². The molecule has 1 rings (SSSR count). The maximum absolute atomic E-state index is 13.9. The van der Waals surface area contributed by atoms with E-state index in [0.717, 1.165) is 12.8 Å². The molecule has 1 aromatic carbocycles. The lowest BCUT2D eigenvalue weighted by Gasteiger charge is -2.26. The Labute approximate surface area is 114 Å². The zero-order chi connectivity index (χ0) is 14.5. The number of rotatable bonds is 7. The fraction of sp³-hybridized carbons (Fsp3) is 0.600. The predicted molar refractivity (Wildman–Crippen MR) is 74.9 cm³/mol. The molecular weight excluding hydrogens is 245 g/mol. The molecule has 0 saturated heterocycles. The van der Waals surface area contributed by atoms with E-state index >= 15 is 0 Å². The van der Waals surface area contributed by atoms with Crippen molar-refractivity contribution in [2.24, 2.45) is 0 Å². The molecule has 0 spiro atoms. The maximum Gasteiger partial charge on any atom is 0.131 e. The van der Waals surface area contributed by atoms with Gasteiger partial charge < -0.3 is 15.2 Å². The van der Waals surface area contributed by atoms with E-state index in [1.54, 1.807) is 19.1 Å². The summed E-state index contributed by atoms with van der Waals surface area (Å²) >= 11 is 0. The molecule has 2 unspecified atom stereocenters. The number of halogens is 1. The molecule has 0 amide bonds. The van der Waals surface area contributed by atoms with E-state index in [-0.39, 0.29) is 11.9 Å². The van der Waals surface area contributed by atoms with Crippen molar-refractivity contribution in [1.82, 2.24) is 5.32 Å².